The average Bonchev–Trinajstić information content (AvgIpc) is 3.14. The van der Waals surface area contributed by atoms with Crippen LogP contribution in [-0.4, -0.2) is 51.8 Å². The first-order chi connectivity index (χ1) is 11.1. The number of carbonyl (C=O) groups is 1. The van der Waals surface area contributed by atoms with Crippen molar-refractivity contribution in [2.75, 3.05) is 20.1 Å². The van der Waals surface area contributed by atoms with Gasteiger partial charge in [0.05, 0.1) is 10.7 Å². The fourth-order valence-electron chi connectivity index (χ4n) is 3.01. The maximum absolute atomic E-state index is 12.7. The molecule has 1 fully saturated rings. The van der Waals surface area contributed by atoms with Gasteiger partial charge < -0.3 is 10.2 Å². The van der Waals surface area contributed by atoms with E-state index in [0.717, 1.165) is 31.6 Å². The molecule has 23 heavy (non-hydrogen) atoms. The Hall–Kier alpha value is -1.92. The number of aromatic nitrogens is 3. The molecule has 2 heterocycles. The zero-order chi connectivity index (χ0) is 16.4. The Kier molecular flexibility index (Phi) is 4.63. The summed E-state index contributed by atoms with van der Waals surface area (Å²) in [7, 11) is 1.90. The fraction of sp³-hybridized carbons (Fsp3) is 0.438. The van der Waals surface area contributed by atoms with Crippen LogP contribution in [0.3, 0.4) is 0 Å². The minimum Gasteiger partial charge on any atom is -0.332 e. The molecule has 0 unspecified atom stereocenters. The number of aryl methyl sites for hydroxylation is 1. The number of halogens is 1. The van der Waals surface area contributed by atoms with E-state index in [0.29, 0.717) is 10.8 Å². The van der Waals surface area contributed by atoms with Gasteiger partial charge in [0, 0.05) is 19.1 Å². The van der Waals surface area contributed by atoms with Crippen LogP contribution in [0.5, 0.6) is 0 Å². The number of amides is 1. The Morgan fingerprint density at radius 1 is 1.43 bits per heavy atom. The molecule has 6 nitrogen and oxygen atoms in total. The summed E-state index contributed by atoms with van der Waals surface area (Å²) in [5, 5.41) is 8.11. The first-order valence-corrected chi connectivity index (χ1v) is 8.13. The Balaban J connectivity index is 1.89. The summed E-state index contributed by atoms with van der Waals surface area (Å²) in [5.41, 5.74) is 0.728. The molecule has 1 saturated heterocycles. The molecule has 1 N–H and O–H groups in total. The van der Waals surface area contributed by atoms with E-state index in [2.05, 4.69) is 15.4 Å². The SMILES string of the molecule is CNC[C@H]1CCCN1C(=O)c1nc(C)n(-c2ccccc2Cl)n1. The van der Waals surface area contributed by atoms with Gasteiger partial charge in [0.2, 0.25) is 5.82 Å². The van der Waals surface area contributed by atoms with E-state index in [9.17, 15) is 4.79 Å². The zero-order valence-corrected chi connectivity index (χ0v) is 14.0. The molecule has 1 amide bonds. The minimum atomic E-state index is -0.114. The molecule has 3 rings (SSSR count). The zero-order valence-electron chi connectivity index (χ0n) is 13.3. The van der Waals surface area contributed by atoms with Crippen molar-refractivity contribution in [3.05, 3.63) is 40.9 Å². The van der Waals surface area contributed by atoms with Crippen LogP contribution in [-0.2, 0) is 0 Å². The van der Waals surface area contributed by atoms with Gasteiger partial charge in [-0.15, -0.1) is 5.10 Å². The molecule has 1 aromatic carbocycles. The number of hydrogen-bond donors (Lipinski definition) is 1. The second-order valence-electron chi connectivity index (χ2n) is 5.70. The molecule has 122 valence electrons. The van der Waals surface area contributed by atoms with E-state index in [1.165, 1.54) is 0 Å². The van der Waals surface area contributed by atoms with Gasteiger partial charge in [-0.3, -0.25) is 4.79 Å². The van der Waals surface area contributed by atoms with Crippen molar-refractivity contribution >= 4 is 17.5 Å². The highest BCUT2D eigenvalue weighted by Gasteiger charge is 2.31. The molecule has 7 heteroatoms. The summed E-state index contributed by atoms with van der Waals surface area (Å²) in [4.78, 5) is 19.0. The van der Waals surface area contributed by atoms with Crippen LogP contribution in [0.25, 0.3) is 5.69 Å². The maximum Gasteiger partial charge on any atom is 0.293 e. The number of rotatable bonds is 4. The van der Waals surface area contributed by atoms with Crippen LogP contribution in [0.15, 0.2) is 24.3 Å². The van der Waals surface area contributed by atoms with Gasteiger partial charge in [0.25, 0.3) is 5.91 Å². The van der Waals surface area contributed by atoms with Crippen LogP contribution in [0.2, 0.25) is 5.02 Å². The van der Waals surface area contributed by atoms with E-state index < -0.39 is 0 Å². The Bertz CT molecular complexity index is 714. The normalized spacial score (nSPS) is 17.7. The first kappa shape index (κ1) is 16.0. The number of benzene rings is 1. The predicted octanol–water partition coefficient (Wildman–Crippen LogP) is 2.05. The molecular formula is C16H20ClN5O. The van der Waals surface area contributed by atoms with E-state index in [1.807, 2.05) is 37.1 Å². The summed E-state index contributed by atoms with van der Waals surface area (Å²) in [6.45, 7) is 3.36. The molecule has 1 aliphatic heterocycles. The van der Waals surface area contributed by atoms with Crippen molar-refractivity contribution in [2.24, 2.45) is 0 Å². The van der Waals surface area contributed by atoms with Crippen LogP contribution in [0, 0.1) is 6.92 Å². The molecule has 0 radical (unpaired) electrons. The van der Waals surface area contributed by atoms with Crippen LogP contribution >= 0.6 is 11.6 Å². The highest BCUT2D eigenvalue weighted by molar-refractivity contribution is 6.32. The van der Waals surface area contributed by atoms with Crippen molar-refractivity contribution in [1.82, 2.24) is 25.0 Å². The Morgan fingerprint density at radius 3 is 2.96 bits per heavy atom. The van der Waals surface area contributed by atoms with E-state index >= 15 is 0 Å². The second-order valence-corrected chi connectivity index (χ2v) is 6.11. The number of nitrogens with zero attached hydrogens (tertiary/aromatic N) is 4. The number of nitrogens with one attached hydrogen (secondary N) is 1. The quantitative estimate of drug-likeness (QED) is 0.930. The highest BCUT2D eigenvalue weighted by atomic mass is 35.5. The third-order valence-corrected chi connectivity index (χ3v) is 4.44. The minimum absolute atomic E-state index is 0.114. The largest absolute Gasteiger partial charge is 0.332 e. The molecule has 1 aromatic heterocycles. The van der Waals surface area contributed by atoms with Crippen LogP contribution in [0.4, 0.5) is 0 Å². The van der Waals surface area contributed by atoms with E-state index in [-0.39, 0.29) is 17.8 Å². The standard InChI is InChI=1S/C16H20ClN5O/c1-11-19-15(16(23)21-9-5-6-12(21)10-18-2)20-22(11)14-8-4-3-7-13(14)17/h3-4,7-8,12,18H,5-6,9-10H2,1-2H3/t12-/m1/s1. The van der Waals surface area contributed by atoms with Crippen molar-refractivity contribution in [2.45, 2.75) is 25.8 Å². The van der Waals surface area contributed by atoms with Crippen molar-refractivity contribution in [3.63, 3.8) is 0 Å². The molecule has 1 aliphatic rings. The number of likely N-dealkylation sites (tertiary alicyclic amines) is 1. The van der Waals surface area contributed by atoms with E-state index in [4.69, 9.17) is 11.6 Å². The van der Waals surface area contributed by atoms with Gasteiger partial charge in [-0.1, -0.05) is 23.7 Å². The van der Waals surface area contributed by atoms with Gasteiger partial charge in [-0.2, -0.15) is 0 Å². The molecule has 0 aliphatic carbocycles. The fourth-order valence-corrected chi connectivity index (χ4v) is 3.23. The predicted molar refractivity (Wildman–Crippen MR) is 89.1 cm³/mol. The number of para-hydroxylation sites is 1. The topological polar surface area (TPSA) is 63.1 Å². The maximum atomic E-state index is 12.7. The van der Waals surface area contributed by atoms with Crippen LogP contribution in [0.1, 0.15) is 29.3 Å². The summed E-state index contributed by atoms with van der Waals surface area (Å²) >= 11 is 6.22. The molecule has 0 spiro atoms. The van der Waals surface area contributed by atoms with Gasteiger partial charge >= 0.3 is 0 Å². The number of likely N-dealkylation sites (N-methyl/N-ethyl adjacent to an activating group) is 1. The first-order valence-electron chi connectivity index (χ1n) is 7.76. The summed E-state index contributed by atoms with van der Waals surface area (Å²) in [5.74, 6) is 0.757. The molecule has 1 atom stereocenters. The smallest absolute Gasteiger partial charge is 0.293 e. The van der Waals surface area contributed by atoms with Gasteiger partial charge in [-0.05, 0) is 38.9 Å². The van der Waals surface area contributed by atoms with Crippen molar-refractivity contribution in [1.29, 1.82) is 0 Å². The van der Waals surface area contributed by atoms with Crippen LogP contribution < -0.4 is 5.32 Å². The summed E-state index contributed by atoms with van der Waals surface area (Å²) in [6, 6.07) is 7.60. The second kappa shape index (κ2) is 6.68. The molecule has 2 aromatic rings. The third-order valence-electron chi connectivity index (χ3n) is 4.12. The average molecular weight is 334 g/mol. The number of carbonyl (C=O) groups excluding carboxylic acids is 1. The monoisotopic (exact) mass is 333 g/mol. The third kappa shape index (κ3) is 3.09. The summed E-state index contributed by atoms with van der Waals surface area (Å²) in [6.07, 6.45) is 2.03. The highest BCUT2D eigenvalue weighted by Crippen LogP contribution is 2.22. The lowest BCUT2D eigenvalue weighted by Crippen LogP contribution is -2.41. The van der Waals surface area contributed by atoms with Gasteiger partial charge in [0.15, 0.2) is 0 Å². The molecule has 0 bridgehead atoms. The van der Waals surface area contributed by atoms with Crippen molar-refractivity contribution < 1.29 is 4.79 Å². The van der Waals surface area contributed by atoms with E-state index in [1.54, 1.807) is 10.7 Å². The Labute approximate surface area is 140 Å². The Morgan fingerprint density at radius 2 is 2.22 bits per heavy atom. The lowest BCUT2D eigenvalue weighted by Gasteiger charge is -2.23. The van der Waals surface area contributed by atoms with Gasteiger partial charge in [0.1, 0.15) is 5.82 Å². The lowest BCUT2D eigenvalue weighted by atomic mass is 10.2. The number of hydrogen-bond acceptors (Lipinski definition) is 4. The van der Waals surface area contributed by atoms with Gasteiger partial charge in [-0.25, -0.2) is 9.67 Å². The summed E-state index contributed by atoms with van der Waals surface area (Å²) < 4.78 is 1.62. The molecular weight excluding hydrogens is 314 g/mol. The lowest BCUT2D eigenvalue weighted by molar-refractivity contribution is 0.0724. The van der Waals surface area contributed by atoms with Crippen molar-refractivity contribution in [3.8, 4) is 5.69 Å². The molecule has 0 saturated carbocycles.